The van der Waals surface area contributed by atoms with Crippen molar-refractivity contribution in [3.63, 3.8) is 0 Å². The number of hydrogen-bond donors (Lipinski definition) is 3. The number of amides is 1. The lowest BCUT2D eigenvalue weighted by molar-refractivity contribution is -0.118. The van der Waals surface area contributed by atoms with Crippen molar-refractivity contribution < 1.29 is 4.79 Å². The second-order valence-corrected chi connectivity index (χ2v) is 4.97. The Bertz CT molecular complexity index is 587. The van der Waals surface area contributed by atoms with Crippen molar-refractivity contribution in [3.05, 3.63) is 30.2 Å². The van der Waals surface area contributed by atoms with Gasteiger partial charge in [0.1, 0.15) is 11.6 Å². The first-order valence-corrected chi connectivity index (χ1v) is 7.44. The van der Waals surface area contributed by atoms with Gasteiger partial charge in [0.05, 0.1) is 12.3 Å². The Kier molecular flexibility index (Phi) is 5.52. The molecule has 9 heteroatoms. The van der Waals surface area contributed by atoms with Crippen LogP contribution in [0.3, 0.4) is 0 Å². The first-order valence-electron chi connectivity index (χ1n) is 6.45. The van der Waals surface area contributed by atoms with Crippen LogP contribution in [0, 0.1) is 0 Å². The number of aromatic nitrogens is 4. The highest BCUT2D eigenvalue weighted by Gasteiger charge is 2.11. The molecule has 2 aromatic rings. The van der Waals surface area contributed by atoms with E-state index in [0.717, 1.165) is 6.54 Å². The zero-order chi connectivity index (χ0) is 15.1. The Hall–Kier alpha value is -2.13. The summed E-state index contributed by atoms with van der Waals surface area (Å²) in [7, 11) is 0. The maximum atomic E-state index is 11.8. The molecule has 0 aliphatic carbocycles. The van der Waals surface area contributed by atoms with E-state index in [1.54, 1.807) is 18.3 Å². The zero-order valence-corrected chi connectivity index (χ0v) is 12.4. The highest BCUT2D eigenvalue weighted by atomic mass is 32.2. The van der Waals surface area contributed by atoms with E-state index in [2.05, 4.69) is 26.0 Å². The molecule has 0 unspecified atom stereocenters. The molecular formula is C12H17N7OS. The van der Waals surface area contributed by atoms with Gasteiger partial charge in [-0.05, 0) is 19.1 Å². The number of hydrazine groups is 1. The van der Waals surface area contributed by atoms with Gasteiger partial charge in [0.25, 0.3) is 0 Å². The Morgan fingerprint density at radius 1 is 1.43 bits per heavy atom. The molecule has 112 valence electrons. The van der Waals surface area contributed by atoms with Crippen molar-refractivity contribution in [2.75, 3.05) is 11.2 Å². The van der Waals surface area contributed by atoms with E-state index in [0.29, 0.717) is 23.3 Å². The monoisotopic (exact) mass is 307 g/mol. The number of carbonyl (C=O) groups excluding carboxylic acids is 1. The van der Waals surface area contributed by atoms with Crippen LogP contribution in [0.4, 0.5) is 5.82 Å². The molecule has 0 saturated heterocycles. The molecule has 2 heterocycles. The second-order valence-electron chi connectivity index (χ2n) is 4.02. The summed E-state index contributed by atoms with van der Waals surface area (Å²) in [5, 5.41) is 8.70. The molecule has 0 spiro atoms. The number of carbonyl (C=O) groups is 1. The van der Waals surface area contributed by atoms with Gasteiger partial charge in [0.15, 0.2) is 5.16 Å². The number of nitrogens with zero attached hydrogens (tertiary/aromatic N) is 4. The fourth-order valence-corrected chi connectivity index (χ4v) is 2.45. The van der Waals surface area contributed by atoms with E-state index in [1.807, 2.05) is 17.6 Å². The first kappa shape index (κ1) is 15.3. The summed E-state index contributed by atoms with van der Waals surface area (Å²) in [4.78, 5) is 15.8. The Morgan fingerprint density at radius 3 is 2.95 bits per heavy atom. The van der Waals surface area contributed by atoms with Crippen LogP contribution in [0.1, 0.15) is 12.7 Å². The number of nitrogens with two attached hydrogens (primary N) is 1. The lowest BCUT2D eigenvalue weighted by Gasteiger charge is -2.08. The van der Waals surface area contributed by atoms with Crippen LogP contribution in [0.2, 0.25) is 0 Å². The normalized spacial score (nSPS) is 10.4. The quantitative estimate of drug-likeness (QED) is 0.501. The van der Waals surface area contributed by atoms with Gasteiger partial charge in [-0.1, -0.05) is 17.8 Å². The van der Waals surface area contributed by atoms with Gasteiger partial charge in [-0.15, -0.1) is 10.2 Å². The first-order chi connectivity index (χ1) is 10.2. The molecule has 0 aliphatic heterocycles. The number of pyridine rings is 1. The molecular weight excluding hydrogens is 290 g/mol. The second kappa shape index (κ2) is 7.60. The van der Waals surface area contributed by atoms with Gasteiger partial charge < -0.3 is 10.3 Å². The van der Waals surface area contributed by atoms with Gasteiger partial charge in [-0.3, -0.25) is 15.6 Å². The van der Waals surface area contributed by atoms with E-state index in [9.17, 15) is 4.79 Å². The average Bonchev–Trinajstić information content (AvgIpc) is 2.93. The molecule has 0 saturated carbocycles. The summed E-state index contributed by atoms with van der Waals surface area (Å²) >= 11 is 1.31. The number of hydrogen-bond acceptors (Lipinski definition) is 7. The summed E-state index contributed by atoms with van der Waals surface area (Å²) in [5.74, 6) is 1.35. The molecule has 0 bridgehead atoms. The molecule has 0 radical (unpaired) electrons. The van der Waals surface area contributed by atoms with E-state index < -0.39 is 0 Å². The molecule has 4 N–H and O–H groups in total. The maximum absolute atomic E-state index is 11.8. The van der Waals surface area contributed by atoms with Gasteiger partial charge in [-0.2, -0.15) is 0 Å². The predicted octanol–water partition coefficient (Wildman–Crippen LogP) is 0.387. The van der Waals surface area contributed by atoms with Crippen LogP contribution in [0.5, 0.6) is 0 Å². The van der Waals surface area contributed by atoms with Gasteiger partial charge in [-0.25, -0.2) is 4.98 Å². The Morgan fingerprint density at radius 2 is 2.29 bits per heavy atom. The molecule has 0 fully saturated rings. The van der Waals surface area contributed by atoms with Crippen LogP contribution < -0.4 is 16.6 Å². The average molecular weight is 307 g/mol. The van der Waals surface area contributed by atoms with E-state index in [4.69, 9.17) is 5.73 Å². The van der Waals surface area contributed by atoms with Crippen LogP contribution in [0.25, 0.3) is 0 Å². The van der Waals surface area contributed by atoms with Gasteiger partial charge in [0.2, 0.25) is 5.91 Å². The molecule has 0 atom stereocenters. The minimum Gasteiger partial charge on any atom is -0.324 e. The zero-order valence-electron chi connectivity index (χ0n) is 11.6. The van der Waals surface area contributed by atoms with E-state index in [1.165, 1.54) is 11.8 Å². The van der Waals surface area contributed by atoms with Crippen LogP contribution in [-0.4, -0.2) is 31.4 Å². The summed E-state index contributed by atoms with van der Waals surface area (Å²) in [6, 6.07) is 5.39. The summed E-state index contributed by atoms with van der Waals surface area (Å²) in [5.41, 5.74) is 10.9. The third-order valence-electron chi connectivity index (χ3n) is 2.62. The summed E-state index contributed by atoms with van der Waals surface area (Å²) in [6.45, 7) is 3.03. The number of nitrogens with one attached hydrogen (secondary N) is 2. The number of anilines is 1. The Labute approximate surface area is 126 Å². The highest BCUT2D eigenvalue weighted by Crippen LogP contribution is 2.16. The van der Waals surface area contributed by atoms with E-state index >= 15 is 0 Å². The molecule has 21 heavy (non-hydrogen) atoms. The standard InChI is InChI=1S/C12H17N7OS/c1-2-19-10(7-13)16-18-12(19)21-8-11(20)17-15-9-5-3-4-6-14-9/h3-6H,2,7-8,13H2,1H3,(H,14,15)(H,17,20). The SMILES string of the molecule is CCn1c(CN)nnc1SCC(=O)NNc1ccccn1. The summed E-state index contributed by atoms with van der Waals surface area (Å²) < 4.78 is 1.89. The van der Waals surface area contributed by atoms with Gasteiger partial charge in [0, 0.05) is 12.7 Å². The molecule has 0 aromatic carbocycles. The topological polar surface area (TPSA) is 111 Å². The maximum Gasteiger partial charge on any atom is 0.248 e. The van der Waals surface area contributed by atoms with Crippen molar-refractivity contribution in [3.8, 4) is 0 Å². The van der Waals surface area contributed by atoms with Crippen molar-refractivity contribution in [1.82, 2.24) is 25.2 Å². The lowest BCUT2D eigenvalue weighted by Crippen LogP contribution is -2.31. The van der Waals surface area contributed by atoms with Crippen LogP contribution in [-0.2, 0) is 17.9 Å². The third kappa shape index (κ3) is 4.17. The Balaban J connectivity index is 1.83. The molecule has 8 nitrogen and oxygen atoms in total. The molecule has 2 aromatic heterocycles. The third-order valence-corrected chi connectivity index (χ3v) is 3.59. The van der Waals surface area contributed by atoms with Crippen LogP contribution in [0.15, 0.2) is 29.6 Å². The number of thioether (sulfide) groups is 1. The highest BCUT2D eigenvalue weighted by molar-refractivity contribution is 7.99. The van der Waals surface area contributed by atoms with Crippen molar-refractivity contribution >= 4 is 23.5 Å². The lowest BCUT2D eigenvalue weighted by atomic mass is 10.5. The number of rotatable bonds is 7. The smallest absolute Gasteiger partial charge is 0.248 e. The minimum absolute atomic E-state index is 0.175. The van der Waals surface area contributed by atoms with Gasteiger partial charge >= 0.3 is 0 Å². The molecule has 2 rings (SSSR count). The minimum atomic E-state index is -0.175. The van der Waals surface area contributed by atoms with Crippen LogP contribution >= 0.6 is 11.8 Å². The van der Waals surface area contributed by atoms with E-state index in [-0.39, 0.29) is 11.7 Å². The molecule has 1 amide bonds. The van der Waals surface area contributed by atoms with Crippen molar-refractivity contribution in [2.45, 2.75) is 25.2 Å². The van der Waals surface area contributed by atoms with Crippen molar-refractivity contribution in [1.29, 1.82) is 0 Å². The fraction of sp³-hybridized carbons (Fsp3) is 0.333. The predicted molar refractivity (Wildman–Crippen MR) is 80.3 cm³/mol. The fourth-order valence-electron chi connectivity index (χ4n) is 1.63. The summed E-state index contributed by atoms with van der Waals surface area (Å²) in [6.07, 6.45) is 1.64. The largest absolute Gasteiger partial charge is 0.324 e. The molecule has 0 aliphatic rings. The van der Waals surface area contributed by atoms with Crippen molar-refractivity contribution in [2.24, 2.45) is 5.73 Å².